The fraction of sp³-hybridized carbons (Fsp3) is 0.824. The highest BCUT2D eigenvalue weighted by Crippen LogP contribution is 2.32. The molecule has 0 saturated carbocycles. The largest absolute Gasteiger partial charge is 0.311 e. The molecule has 4 heteroatoms. The average molecular weight is 312 g/mol. The standard InChI is InChI=1S/C17H30ClN3/c1-4-10-17(11-8-7-9-12-19-17)13-15-16(18)14(5-2)20-21(15)6-3/h19H,4-13H2,1-3H3. The van der Waals surface area contributed by atoms with Crippen molar-refractivity contribution in [3.05, 3.63) is 16.4 Å². The third kappa shape index (κ3) is 3.81. The topological polar surface area (TPSA) is 29.9 Å². The summed E-state index contributed by atoms with van der Waals surface area (Å²) in [4.78, 5) is 0. The molecule has 0 spiro atoms. The Morgan fingerprint density at radius 1 is 1.24 bits per heavy atom. The van der Waals surface area contributed by atoms with Crippen LogP contribution in [-0.4, -0.2) is 21.9 Å². The Bertz CT molecular complexity index is 445. The van der Waals surface area contributed by atoms with Crippen LogP contribution in [0.3, 0.4) is 0 Å². The molecule has 2 heterocycles. The van der Waals surface area contributed by atoms with Gasteiger partial charge in [0.2, 0.25) is 0 Å². The van der Waals surface area contributed by atoms with E-state index in [0.29, 0.717) is 0 Å². The van der Waals surface area contributed by atoms with Crippen LogP contribution >= 0.6 is 11.6 Å². The maximum Gasteiger partial charge on any atom is 0.0850 e. The van der Waals surface area contributed by atoms with Crippen LogP contribution in [0.2, 0.25) is 5.02 Å². The molecule has 120 valence electrons. The zero-order valence-corrected chi connectivity index (χ0v) is 14.6. The summed E-state index contributed by atoms with van der Waals surface area (Å²) in [6, 6.07) is 0. The quantitative estimate of drug-likeness (QED) is 0.845. The zero-order chi connectivity index (χ0) is 15.3. The third-order valence-electron chi connectivity index (χ3n) is 4.76. The highest BCUT2D eigenvalue weighted by molar-refractivity contribution is 6.31. The maximum atomic E-state index is 6.62. The number of hydrogen-bond acceptors (Lipinski definition) is 2. The molecule has 1 fully saturated rings. The number of aromatic nitrogens is 2. The molecule has 1 atom stereocenters. The minimum atomic E-state index is 0.215. The molecule has 1 aromatic heterocycles. The van der Waals surface area contributed by atoms with Gasteiger partial charge in [0.25, 0.3) is 0 Å². The van der Waals surface area contributed by atoms with E-state index < -0.39 is 0 Å². The fourth-order valence-electron chi connectivity index (χ4n) is 3.65. The molecule has 0 radical (unpaired) electrons. The first-order chi connectivity index (χ1) is 10.2. The van der Waals surface area contributed by atoms with Gasteiger partial charge in [0.15, 0.2) is 0 Å². The van der Waals surface area contributed by atoms with Crippen molar-refractivity contribution >= 4 is 11.6 Å². The highest BCUT2D eigenvalue weighted by atomic mass is 35.5. The van der Waals surface area contributed by atoms with Crippen LogP contribution in [0.15, 0.2) is 0 Å². The Kier molecular flexibility index (Phi) is 6.12. The number of nitrogens with one attached hydrogen (secondary N) is 1. The summed E-state index contributed by atoms with van der Waals surface area (Å²) in [5.74, 6) is 0. The molecule has 1 saturated heterocycles. The smallest absolute Gasteiger partial charge is 0.0850 e. The Morgan fingerprint density at radius 2 is 2.05 bits per heavy atom. The molecule has 0 amide bonds. The Balaban J connectivity index is 2.29. The van der Waals surface area contributed by atoms with Crippen LogP contribution < -0.4 is 5.32 Å². The Hall–Kier alpha value is -0.540. The van der Waals surface area contributed by atoms with E-state index in [1.165, 1.54) is 44.2 Å². The van der Waals surface area contributed by atoms with Crippen molar-refractivity contribution in [2.45, 2.75) is 84.2 Å². The van der Waals surface area contributed by atoms with Gasteiger partial charge in [-0.05, 0) is 39.2 Å². The molecule has 0 bridgehead atoms. The van der Waals surface area contributed by atoms with Gasteiger partial charge in [-0.2, -0.15) is 5.10 Å². The van der Waals surface area contributed by atoms with Crippen molar-refractivity contribution < 1.29 is 0 Å². The van der Waals surface area contributed by atoms with Gasteiger partial charge in [0, 0.05) is 18.5 Å². The van der Waals surface area contributed by atoms with Crippen LogP contribution in [0, 0.1) is 0 Å². The van der Waals surface area contributed by atoms with Crippen LogP contribution in [0.5, 0.6) is 0 Å². The summed E-state index contributed by atoms with van der Waals surface area (Å²) in [6.45, 7) is 8.60. The maximum absolute atomic E-state index is 6.62. The first-order valence-corrected chi connectivity index (χ1v) is 9.02. The van der Waals surface area contributed by atoms with E-state index in [1.807, 2.05) is 0 Å². The molecular weight excluding hydrogens is 282 g/mol. The molecule has 1 N–H and O–H groups in total. The summed E-state index contributed by atoms with van der Waals surface area (Å²) in [6.07, 6.45) is 9.59. The molecule has 1 aliphatic heterocycles. The van der Waals surface area contributed by atoms with E-state index in [0.717, 1.165) is 36.6 Å². The van der Waals surface area contributed by atoms with Gasteiger partial charge in [0.05, 0.1) is 16.4 Å². The molecule has 2 rings (SSSR count). The van der Waals surface area contributed by atoms with Crippen molar-refractivity contribution in [1.29, 1.82) is 0 Å². The lowest BCUT2D eigenvalue weighted by atomic mass is 9.84. The number of nitrogens with zero attached hydrogens (tertiary/aromatic N) is 2. The summed E-state index contributed by atoms with van der Waals surface area (Å²) in [7, 11) is 0. The molecule has 3 nitrogen and oxygen atoms in total. The molecule has 1 unspecified atom stereocenters. The van der Waals surface area contributed by atoms with Gasteiger partial charge in [-0.1, -0.05) is 44.7 Å². The first kappa shape index (κ1) is 16.8. The minimum absolute atomic E-state index is 0.215. The molecule has 21 heavy (non-hydrogen) atoms. The van der Waals surface area contributed by atoms with E-state index in [9.17, 15) is 0 Å². The first-order valence-electron chi connectivity index (χ1n) is 8.65. The zero-order valence-electron chi connectivity index (χ0n) is 13.8. The van der Waals surface area contributed by atoms with Crippen LogP contribution in [0.4, 0.5) is 0 Å². The predicted octanol–water partition coefficient (Wildman–Crippen LogP) is 4.36. The van der Waals surface area contributed by atoms with Gasteiger partial charge in [-0.25, -0.2) is 0 Å². The summed E-state index contributed by atoms with van der Waals surface area (Å²) in [5.41, 5.74) is 2.50. The molecule has 0 aliphatic carbocycles. The van der Waals surface area contributed by atoms with Crippen molar-refractivity contribution in [2.75, 3.05) is 6.54 Å². The summed E-state index contributed by atoms with van der Waals surface area (Å²) < 4.78 is 2.12. The highest BCUT2D eigenvalue weighted by Gasteiger charge is 2.32. The predicted molar refractivity (Wildman–Crippen MR) is 90.1 cm³/mol. The molecule has 1 aromatic rings. The molecular formula is C17H30ClN3. The molecule has 1 aliphatic rings. The lowest BCUT2D eigenvalue weighted by molar-refractivity contribution is 0.281. The van der Waals surface area contributed by atoms with Gasteiger partial charge in [-0.3, -0.25) is 4.68 Å². The van der Waals surface area contributed by atoms with E-state index in [-0.39, 0.29) is 5.54 Å². The van der Waals surface area contributed by atoms with Crippen molar-refractivity contribution in [1.82, 2.24) is 15.1 Å². The van der Waals surface area contributed by atoms with Gasteiger partial charge >= 0.3 is 0 Å². The summed E-state index contributed by atoms with van der Waals surface area (Å²) >= 11 is 6.62. The van der Waals surface area contributed by atoms with Crippen LogP contribution in [-0.2, 0) is 19.4 Å². The number of halogens is 1. The normalized spacial score (nSPS) is 23.2. The Morgan fingerprint density at radius 3 is 2.71 bits per heavy atom. The molecule has 0 aromatic carbocycles. The Labute approximate surface area is 134 Å². The van der Waals surface area contributed by atoms with Crippen LogP contribution in [0.1, 0.15) is 70.7 Å². The van der Waals surface area contributed by atoms with Gasteiger partial charge < -0.3 is 5.32 Å². The lowest BCUT2D eigenvalue weighted by Gasteiger charge is -2.34. The number of hydrogen-bond donors (Lipinski definition) is 1. The SMILES string of the molecule is CCCC1(Cc2c(Cl)c(CC)nn2CC)CCCCCN1. The lowest BCUT2D eigenvalue weighted by Crippen LogP contribution is -2.47. The van der Waals surface area contributed by atoms with Crippen molar-refractivity contribution in [3.8, 4) is 0 Å². The average Bonchev–Trinajstić information content (AvgIpc) is 2.65. The van der Waals surface area contributed by atoms with Gasteiger partial charge in [0.1, 0.15) is 0 Å². The van der Waals surface area contributed by atoms with Crippen molar-refractivity contribution in [3.63, 3.8) is 0 Å². The monoisotopic (exact) mass is 311 g/mol. The summed E-state index contributed by atoms with van der Waals surface area (Å²) in [5, 5.41) is 9.44. The van der Waals surface area contributed by atoms with E-state index in [4.69, 9.17) is 11.6 Å². The third-order valence-corrected chi connectivity index (χ3v) is 5.20. The second-order valence-electron chi connectivity index (χ2n) is 6.32. The van der Waals surface area contributed by atoms with Crippen LogP contribution in [0.25, 0.3) is 0 Å². The minimum Gasteiger partial charge on any atom is -0.311 e. The second-order valence-corrected chi connectivity index (χ2v) is 6.70. The number of aryl methyl sites for hydroxylation is 2. The van der Waals surface area contributed by atoms with E-state index in [2.05, 4.69) is 35.9 Å². The van der Waals surface area contributed by atoms with Gasteiger partial charge in [-0.15, -0.1) is 0 Å². The second kappa shape index (κ2) is 7.64. The van der Waals surface area contributed by atoms with Crippen molar-refractivity contribution in [2.24, 2.45) is 0 Å². The van der Waals surface area contributed by atoms with E-state index >= 15 is 0 Å². The fourth-order valence-corrected chi connectivity index (χ4v) is 3.98. The number of rotatable bonds is 6. The van der Waals surface area contributed by atoms with E-state index in [1.54, 1.807) is 0 Å².